The molecule has 1 unspecified atom stereocenters. The van der Waals surface area contributed by atoms with Crippen molar-refractivity contribution in [2.45, 2.75) is 419 Å². The third kappa shape index (κ3) is 68.4. The van der Waals surface area contributed by atoms with Crippen LogP contribution >= 0.6 is 0 Å². The van der Waals surface area contributed by atoms with Crippen LogP contribution in [-0.4, -0.2) is 37.2 Å². The molecule has 0 aromatic carbocycles. The van der Waals surface area contributed by atoms with Crippen molar-refractivity contribution in [2.24, 2.45) is 0 Å². The second-order valence-electron chi connectivity index (χ2n) is 25.2. The van der Waals surface area contributed by atoms with Gasteiger partial charge in [-0.25, -0.2) is 0 Å². The molecule has 0 amide bonds. The molecule has 0 aliphatic rings. The summed E-state index contributed by atoms with van der Waals surface area (Å²) in [6.07, 6.45) is 89.1. The van der Waals surface area contributed by atoms with Crippen molar-refractivity contribution >= 4 is 17.9 Å². The van der Waals surface area contributed by atoms with Crippen LogP contribution in [0.1, 0.15) is 412 Å². The van der Waals surface area contributed by atoms with E-state index < -0.39 is 6.10 Å². The van der Waals surface area contributed by atoms with E-state index in [1.54, 1.807) is 0 Å². The normalized spacial score (nSPS) is 12.2. The highest BCUT2D eigenvalue weighted by Crippen LogP contribution is 2.19. The second kappa shape index (κ2) is 71.1. The fourth-order valence-electron chi connectivity index (χ4n) is 11.3. The van der Waals surface area contributed by atoms with Crippen molar-refractivity contribution < 1.29 is 28.6 Å². The molecule has 0 saturated heterocycles. The molecular formula is C76H142O6. The van der Waals surface area contributed by atoms with E-state index in [9.17, 15) is 14.4 Å². The van der Waals surface area contributed by atoms with Crippen LogP contribution in [0.25, 0.3) is 0 Å². The van der Waals surface area contributed by atoms with Crippen LogP contribution in [0.15, 0.2) is 36.5 Å². The maximum absolute atomic E-state index is 12.9. The van der Waals surface area contributed by atoms with Crippen molar-refractivity contribution in [1.29, 1.82) is 0 Å². The molecule has 82 heavy (non-hydrogen) atoms. The van der Waals surface area contributed by atoms with E-state index in [1.807, 2.05) is 0 Å². The van der Waals surface area contributed by atoms with Crippen LogP contribution in [0.3, 0.4) is 0 Å². The molecule has 0 aliphatic heterocycles. The maximum Gasteiger partial charge on any atom is 0.306 e. The van der Waals surface area contributed by atoms with Gasteiger partial charge in [-0.05, 0) is 77.0 Å². The minimum atomic E-state index is -0.770. The lowest BCUT2D eigenvalue weighted by Crippen LogP contribution is -2.30. The smallest absolute Gasteiger partial charge is 0.306 e. The topological polar surface area (TPSA) is 78.9 Å². The number of allylic oxidation sites excluding steroid dienone is 6. The zero-order valence-electron chi connectivity index (χ0n) is 55.5. The zero-order valence-corrected chi connectivity index (χ0v) is 55.5. The summed E-state index contributed by atoms with van der Waals surface area (Å²) in [7, 11) is 0. The Morgan fingerprint density at radius 2 is 0.439 bits per heavy atom. The van der Waals surface area contributed by atoms with Gasteiger partial charge in [-0.1, -0.05) is 353 Å². The van der Waals surface area contributed by atoms with Gasteiger partial charge < -0.3 is 14.2 Å². The van der Waals surface area contributed by atoms with E-state index >= 15 is 0 Å². The molecule has 0 spiro atoms. The van der Waals surface area contributed by atoms with Crippen molar-refractivity contribution in [3.8, 4) is 0 Å². The predicted octanol–water partition coefficient (Wildman–Crippen LogP) is 25.5. The molecule has 1 atom stereocenters. The average molecular weight is 1150 g/mol. The molecule has 482 valence electrons. The Morgan fingerprint density at radius 3 is 0.683 bits per heavy atom. The van der Waals surface area contributed by atoms with Crippen molar-refractivity contribution in [3.05, 3.63) is 36.5 Å². The number of hydrogen-bond acceptors (Lipinski definition) is 6. The highest BCUT2D eigenvalue weighted by atomic mass is 16.6. The molecule has 6 nitrogen and oxygen atoms in total. The zero-order chi connectivity index (χ0) is 59.2. The molecule has 0 N–H and O–H groups in total. The Hall–Kier alpha value is -2.37. The number of carbonyl (C=O) groups excluding carboxylic acids is 3. The number of carbonyl (C=O) groups is 3. The molecular weight excluding hydrogens is 1010 g/mol. The van der Waals surface area contributed by atoms with E-state index in [-0.39, 0.29) is 31.1 Å². The SMILES string of the molecule is CCCCCCC/C=C\C/C=C\CCCCCCCCCCCCCCCCCCCCCCCCCC(=O)OCC(COC(=O)CCCCCCCCCCCCCC)OC(=O)CCCCCCCCC/C=C\CCCCCCCC. The van der Waals surface area contributed by atoms with Crippen LogP contribution in [0, 0.1) is 0 Å². The Morgan fingerprint density at radius 1 is 0.244 bits per heavy atom. The molecule has 0 radical (unpaired) electrons. The Bertz CT molecular complexity index is 1370. The largest absolute Gasteiger partial charge is 0.462 e. The van der Waals surface area contributed by atoms with E-state index in [4.69, 9.17) is 14.2 Å². The van der Waals surface area contributed by atoms with E-state index in [0.717, 1.165) is 64.2 Å². The lowest BCUT2D eigenvalue weighted by atomic mass is 10.0. The molecule has 0 aliphatic carbocycles. The predicted molar refractivity (Wildman–Crippen MR) is 358 cm³/mol. The molecule has 6 heteroatoms. The summed E-state index contributed by atoms with van der Waals surface area (Å²) < 4.78 is 17.0. The summed E-state index contributed by atoms with van der Waals surface area (Å²) in [6, 6.07) is 0. The minimum absolute atomic E-state index is 0.0672. The molecule has 0 saturated carbocycles. The number of esters is 3. The molecule has 0 rings (SSSR count). The fraction of sp³-hybridized carbons (Fsp3) is 0.882. The molecule has 0 aromatic heterocycles. The van der Waals surface area contributed by atoms with Gasteiger partial charge in [-0.15, -0.1) is 0 Å². The molecule has 0 bridgehead atoms. The van der Waals surface area contributed by atoms with Gasteiger partial charge in [0.15, 0.2) is 6.10 Å². The minimum Gasteiger partial charge on any atom is -0.462 e. The quantitative estimate of drug-likeness (QED) is 0.0261. The van der Waals surface area contributed by atoms with Gasteiger partial charge in [0, 0.05) is 19.3 Å². The lowest BCUT2D eigenvalue weighted by Gasteiger charge is -2.18. The number of ether oxygens (including phenoxy) is 3. The average Bonchev–Trinajstić information content (AvgIpc) is 3.47. The first kappa shape index (κ1) is 79.6. The van der Waals surface area contributed by atoms with Gasteiger partial charge in [0.25, 0.3) is 0 Å². The number of hydrogen-bond donors (Lipinski definition) is 0. The van der Waals surface area contributed by atoms with Gasteiger partial charge in [0.05, 0.1) is 0 Å². The molecule has 0 aromatic rings. The van der Waals surface area contributed by atoms with Crippen LogP contribution in [0.4, 0.5) is 0 Å². The van der Waals surface area contributed by atoms with E-state index in [2.05, 4.69) is 57.2 Å². The Labute approximate surface area is 512 Å². The van der Waals surface area contributed by atoms with Gasteiger partial charge in [0.2, 0.25) is 0 Å². The summed E-state index contributed by atoms with van der Waals surface area (Å²) in [5.74, 6) is -0.842. The van der Waals surface area contributed by atoms with Crippen molar-refractivity contribution in [2.75, 3.05) is 13.2 Å². The highest BCUT2D eigenvalue weighted by Gasteiger charge is 2.19. The van der Waals surface area contributed by atoms with Crippen LogP contribution in [0.2, 0.25) is 0 Å². The monoisotopic (exact) mass is 1150 g/mol. The van der Waals surface area contributed by atoms with Gasteiger partial charge >= 0.3 is 17.9 Å². The molecule has 0 fully saturated rings. The second-order valence-corrected chi connectivity index (χ2v) is 25.2. The van der Waals surface area contributed by atoms with E-state index in [0.29, 0.717) is 19.3 Å². The van der Waals surface area contributed by atoms with Gasteiger partial charge in [-0.3, -0.25) is 14.4 Å². The first-order chi connectivity index (χ1) is 40.5. The van der Waals surface area contributed by atoms with Gasteiger partial charge in [-0.2, -0.15) is 0 Å². The first-order valence-electron chi connectivity index (χ1n) is 37.0. The highest BCUT2D eigenvalue weighted by molar-refractivity contribution is 5.71. The van der Waals surface area contributed by atoms with Crippen molar-refractivity contribution in [3.63, 3.8) is 0 Å². The summed E-state index contributed by atoms with van der Waals surface area (Å²) in [6.45, 7) is 6.69. The Balaban J connectivity index is 4.05. The van der Waals surface area contributed by atoms with E-state index in [1.165, 1.54) is 308 Å². The van der Waals surface area contributed by atoms with Crippen LogP contribution in [-0.2, 0) is 28.6 Å². The summed E-state index contributed by atoms with van der Waals surface area (Å²) >= 11 is 0. The van der Waals surface area contributed by atoms with Crippen molar-refractivity contribution in [1.82, 2.24) is 0 Å². The third-order valence-corrected chi connectivity index (χ3v) is 16.9. The summed E-state index contributed by atoms with van der Waals surface area (Å²) in [5.41, 5.74) is 0. The Kier molecular flexibility index (Phi) is 69.1. The standard InChI is InChI=1S/C76H142O6/c1-4-7-10-13-16-19-22-25-27-29-30-31-32-33-34-35-36-37-38-39-40-41-42-43-44-45-46-48-49-51-54-57-60-63-66-69-75(78)81-72-73(71-80-74(77)68-65-62-59-56-53-24-21-18-15-12-9-6-3)82-76(79)70-67-64-61-58-55-52-50-47-28-26-23-20-17-14-11-8-5-2/h22,25-26,28-30,73H,4-21,23-24,27,31-72H2,1-3H3/b25-22-,28-26-,30-29-. The lowest BCUT2D eigenvalue weighted by molar-refractivity contribution is -0.167. The maximum atomic E-state index is 12.9. The van der Waals surface area contributed by atoms with Crippen LogP contribution in [0.5, 0.6) is 0 Å². The van der Waals surface area contributed by atoms with Crippen LogP contribution < -0.4 is 0 Å². The number of rotatable bonds is 69. The third-order valence-electron chi connectivity index (χ3n) is 16.9. The number of unbranched alkanes of at least 4 members (excludes halogenated alkanes) is 52. The summed E-state index contributed by atoms with van der Waals surface area (Å²) in [5, 5.41) is 0. The fourth-order valence-corrected chi connectivity index (χ4v) is 11.3. The summed E-state index contributed by atoms with van der Waals surface area (Å²) in [4.78, 5) is 38.4. The van der Waals surface area contributed by atoms with Gasteiger partial charge in [0.1, 0.15) is 13.2 Å². The first-order valence-corrected chi connectivity index (χ1v) is 37.0. The molecule has 0 heterocycles.